The van der Waals surface area contributed by atoms with E-state index in [9.17, 15) is 0 Å². The van der Waals surface area contributed by atoms with Gasteiger partial charge in [0.2, 0.25) is 0 Å². The van der Waals surface area contributed by atoms with Crippen molar-refractivity contribution >= 4 is 0 Å². The maximum absolute atomic E-state index is 5.34. The van der Waals surface area contributed by atoms with Crippen LogP contribution in [0.3, 0.4) is 0 Å². The van der Waals surface area contributed by atoms with Gasteiger partial charge in [0.05, 0.1) is 6.26 Å². The van der Waals surface area contributed by atoms with Crippen LogP contribution in [0.5, 0.6) is 0 Å². The predicted octanol–water partition coefficient (Wildman–Crippen LogP) is 1.36. The molecule has 2 heterocycles. The van der Waals surface area contributed by atoms with E-state index < -0.39 is 0 Å². The minimum Gasteiger partial charge on any atom is -0.469 e. The minimum absolute atomic E-state index is 0.754. The molecule has 1 aliphatic rings. The van der Waals surface area contributed by atoms with E-state index in [1.165, 1.54) is 6.54 Å². The van der Waals surface area contributed by atoms with Gasteiger partial charge in [0.15, 0.2) is 0 Å². The average Bonchev–Trinajstić information content (AvgIpc) is 2.65. The van der Waals surface area contributed by atoms with Crippen molar-refractivity contribution in [2.45, 2.75) is 13.3 Å². The van der Waals surface area contributed by atoms with Gasteiger partial charge in [-0.2, -0.15) is 0 Å². The monoisotopic (exact) mass is 208 g/mol. The molecule has 1 aliphatic heterocycles. The molecule has 1 aromatic heterocycles. The van der Waals surface area contributed by atoms with Crippen molar-refractivity contribution in [2.75, 3.05) is 32.7 Å². The molecule has 0 amide bonds. The van der Waals surface area contributed by atoms with Gasteiger partial charge in [-0.25, -0.2) is 0 Å². The second-order valence-corrected chi connectivity index (χ2v) is 4.44. The summed E-state index contributed by atoms with van der Waals surface area (Å²) in [5.74, 6) is 1.85. The fraction of sp³-hybridized carbons (Fsp3) is 0.667. The highest BCUT2D eigenvalue weighted by atomic mass is 16.3. The summed E-state index contributed by atoms with van der Waals surface area (Å²) < 4.78 is 5.34. The van der Waals surface area contributed by atoms with Crippen LogP contribution >= 0.6 is 0 Å². The van der Waals surface area contributed by atoms with Gasteiger partial charge in [-0.15, -0.1) is 0 Å². The van der Waals surface area contributed by atoms with E-state index in [0.29, 0.717) is 0 Å². The van der Waals surface area contributed by atoms with Gasteiger partial charge in [0.25, 0.3) is 0 Å². The van der Waals surface area contributed by atoms with E-state index in [1.807, 2.05) is 6.07 Å². The van der Waals surface area contributed by atoms with Gasteiger partial charge < -0.3 is 14.6 Å². The Morgan fingerprint density at radius 3 is 3.33 bits per heavy atom. The molecule has 15 heavy (non-hydrogen) atoms. The summed E-state index contributed by atoms with van der Waals surface area (Å²) in [7, 11) is 0. The molecule has 1 atom stereocenters. The second kappa shape index (κ2) is 5.33. The zero-order chi connectivity index (χ0) is 10.5. The molecule has 0 bridgehead atoms. The highest BCUT2D eigenvalue weighted by Gasteiger charge is 2.13. The molecule has 1 aromatic rings. The van der Waals surface area contributed by atoms with Gasteiger partial charge in [-0.05, 0) is 24.6 Å². The van der Waals surface area contributed by atoms with Gasteiger partial charge in [0.1, 0.15) is 5.76 Å². The lowest BCUT2D eigenvalue weighted by atomic mass is 10.1. The molecule has 0 aromatic carbocycles. The molecule has 1 fully saturated rings. The number of furan rings is 1. The molecule has 2 rings (SSSR count). The standard InChI is InChI=1S/C12H20N2O/c1-11-9-13-5-7-14(10-11)6-4-12-3-2-8-15-12/h2-3,8,11,13H,4-7,9-10H2,1H3. The summed E-state index contributed by atoms with van der Waals surface area (Å²) in [6.45, 7) is 8.04. The van der Waals surface area contributed by atoms with E-state index >= 15 is 0 Å². The summed E-state index contributed by atoms with van der Waals surface area (Å²) in [5.41, 5.74) is 0. The number of rotatable bonds is 3. The first-order chi connectivity index (χ1) is 7.34. The smallest absolute Gasteiger partial charge is 0.105 e. The summed E-state index contributed by atoms with van der Waals surface area (Å²) in [6, 6.07) is 4.02. The van der Waals surface area contributed by atoms with Crippen molar-refractivity contribution in [1.82, 2.24) is 10.2 Å². The SMILES string of the molecule is CC1CNCCN(CCc2ccco2)C1. The van der Waals surface area contributed by atoms with Crippen molar-refractivity contribution in [3.8, 4) is 0 Å². The lowest BCUT2D eigenvalue weighted by molar-refractivity contribution is 0.262. The summed E-state index contributed by atoms with van der Waals surface area (Å²) >= 11 is 0. The highest BCUT2D eigenvalue weighted by Crippen LogP contribution is 2.06. The third-order valence-electron chi connectivity index (χ3n) is 2.92. The third kappa shape index (κ3) is 3.36. The van der Waals surface area contributed by atoms with Gasteiger partial charge in [0, 0.05) is 32.6 Å². The quantitative estimate of drug-likeness (QED) is 0.813. The zero-order valence-corrected chi connectivity index (χ0v) is 9.41. The Kier molecular flexibility index (Phi) is 3.80. The van der Waals surface area contributed by atoms with Crippen LogP contribution in [0.1, 0.15) is 12.7 Å². The third-order valence-corrected chi connectivity index (χ3v) is 2.92. The normalized spacial score (nSPS) is 23.9. The lowest BCUT2D eigenvalue weighted by Gasteiger charge is -2.21. The van der Waals surface area contributed by atoms with Crippen LogP contribution in [-0.4, -0.2) is 37.6 Å². The van der Waals surface area contributed by atoms with Crippen LogP contribution in [0.25, 0.3) is 0 Å². The van der Waals surface area contributed by atoms with Crippen LogP contribution in [0.15, 0.2) is 22.8 Å². The molecule has 0 spiro atoms. The number of nitrogens with zero attached hydrogens (tertiary/aromatic N) is 1. The molecule has 3 heteroatoms. The Labute approximate surface area is 91.4 Å². The predicted molar refractivity (Wildman–Crippen MR) is 60.9 cm³/mol. The molecule has 1 saturated heterocycles. The van der Waals surface area contributed by atoms with Crippen molar-refractivity contribution in [1.29, 1.82) is 0 Å². The first-order valence-corrected chi connectivity index (χ1v) is 5.80. The maximum atomic E-state index is 5.34. The van der Waals surface area contributed by atoms with E-state index in [4.69, 9.17) is 4.42 Å². The molecule has 0 saturated carbocycles. The fourth-order valence-corrected chi connectivity index (χ4v) is 2.11. The van der Waals surface area contributed by atoms with Crippen molar-refractivity contribution in [3.63, 3.8) is 0 Å². The lowest BCUT2D eigenvalue weighted by Crippen LogP contribution is -2.31. The molecule has 0 aliphatic carbocycles. The van der Waals surface area contributed by atoms with Crippen LogP contribution in [0.2, 0.25) is 0 Å². The van der Waals surface area contributed by atoms with Crippen LogP contribution in [0.4, 0.5) is 0 Å². The Bertz CT molecular complexity index is 271. The van der Waals surface area contributed by atoms with Crippen LogP contribution < -0.4 is 5.32 Å². The Balaban J connectivity index is 1.78. The molecule has 3 nitrogen and oxygen atoms in total. The topological polar surface area (TPSA) is 28.4 Å². The summed E-state index contributed by atoms with van der Waals surface area (Å²) in [4.78, 5) is 2.52. The maximum Gasteiger partial charge on any atom is 0.105 e. The van der Waals surface area contributed by atoms with Gasteiger partial charge in [-0.1, -0.05) is 6.92 Å². The van der Waals surface area contributed by atoms with Crippen LogP contribution in [-0.2, 0) is 6.42 Å². The first-order valence-electron chi connectivity index (χ1n) is 5.80. The molecule has 84 valence electrons. The molecule has 1 unspecified atom stereocenters. The Morgan fingerprint density at radius 1 is 1.60 bits per heavy atom. The summed E-state index contributed by atoms with van der Waals surface area (Å²) in [5, 5.41) is 3.46. The first kappa shape index (κ1) is 10.7. The van der Waals surface area contributed by atoms with Gasteiger partial charge in [-0.3, -0.25) is 0 Å². The largest absolute Gasteiger partial charge is 0.469 e. The Morgan fingerprint density at radius 2 is 2.53 bits per heavy atom. The van der Waals surface area contributed by atoms with E-state index in [0.717, 1.165) is 44.3 Å². The zero-order valence-electron chi connectivity index (χ0n) is 9.41. The highest BCUT2D eigenvalue weighted by molar-refractivity contribution is 4.98. The second-order valence-electron chi connectivity index (χ2n) is 4.44. The number of hydrogen-bond donors (Lipinski definition) is 1. The summed E-state index contributed by atoms with van der Waals surface area (Å²) in [6.07, 6.45) is 2.78. The molecule has 1 N–H and O–H groups in total. The van der Waals surface area contributed by atoms with Crippen molar-refractivity contribution in [2.24, 2.45) is 5.92 Å². The van der Waals surface area contributed by atoms with Gasteiger partial charge >= 0.3 is 0 Å². The molecular weight excluding hydrogens is 188 g/mol. The molecule has 0 radical (unpaired) electrons. The van der Waals surface area contributed by atoms with Crippen LogP contribution in [0, 0.1) is 5.92 Å². The van der Waals surface area contributed by atoms with Crippen molar-refractivity contribution in [3.05, 3.63) is 24.2 Å². The minimum atomic E-state index is 0.754. The van der Waals surface area contributed by atoms with E-state index in [-0.39, 0.29) is 0 Å². The van der Waals surface area contributed by atoms with E-state index in [1.54, 1.807) is 6.26 Å². The van der Waals surface area contributed by atoms with E-state index in [2.05, 4.69) is 23.2 Å². The number of nitrogens with one attached hydrogen (secondary N) is 1. The average molecular weight is 208 g/mol. The fourth-order valence-electron chi connectivity index (χ4n) is 2.11. The molecular formula is C12H20N2O. The Hall–Kier alpha value is -0.800. The van der Waals surface area contributed by atoms with Crippen molar-refractivity contribution < 1.29 is 4.42 Å². The number of hydrogen-bond acceptors (Lipinski definition) is 3.